The molecule has 2 aromatic carbocycles. The van der Waals surface area contributed by atoms with E-state index in [0.717, 1.165) is 27.2 Å². The van der Waals surface area contributed by atoms with E-state index < -0.39 is 6.04 Å². The zero-order valence-corrected chi connectivity index (χ0v) is 15.4. The summed E-state index contributed by atoms with van der Waals surface area (Å²) in [5.74, 6) is 0.577. The van der Waals surface area contributed by atoms with Crippen molar-refractivity contribution in [1.82, 2.24) is 5.43 Å². The van der Waals surface area contributed by atoms with Crippen LogP contribution in [0.2, 0.25) is 0 Å². The molecule has 1 atom stereocenters. The van der Waals surface area contributed by atoms with Crippen molar-refractivity contribution in [2.75, 3.05) is 12.4 Å². The molecule has 0 spiro atoms. The number of hydrazone groups is 1. The largest absolute Gasteiger partial charge is 0.497 e. The maximum Gasteiger partial charge on any atom is 0.262 e. The molecule has 6 heteroatoms. The first-order valence-electron chi connectivity index (χ1n) is 7.50. The van der Waals surface area contributed by atoms with E-state index in [1.165, 1.54) is 0 Å². The van der Waals surface area contributed by atoms with E-state index >= 15 is 0 Å². The molecule has 2 N–H and O–H groups in total. The van der Waals surface area contributed by atoms with Gasteiger partial charge in [-0.25, -0.2) is 5.43 Å². The predicted octanol–water partition coefficient (Wildman–Crippen LogP) is 3.80. The SMILES string of the molecule is COc1ccc(C(C)=NNC(=O)[C@H](C)Nc2ccc(Br)cc2)cc1. The number of nitrogens with one attached hydrogen (secondary N) is 2. The molecule has 0 fully saturated rings. The van der Waals surface area contributed by atoms with Crippen LogP contribution in [-0.4, -0.2) is 24.8 Å². The lowest BCUT2D eigenvalue weighted by Crippen LogP contribution is -2.35. The number of hydrogen-bond acceptors (Lipinski definition) is 4. The quantitative estimate of drug-likeness (QED) is 0.583. The molecule has 1 amide bonds. The van der Waals surface area contributed by atoms with E-state index in [2.05, 4.69) is 31.8 Å². The Morgan fingerprint density at radius 2 is 1.75 bits per heavy atom. The number of carbonyl (C=O) groups is 1. The number of hydrogen-bond donors (Lipinski definition) is 2. The Morgan fingerprint density at radius 1 is 1.12 bits per heavy atom. The lowest BCUT2D eigenvalue weighted by atomic mass is 10.1. The predicted molar refractivity (Wildman–Crippen MR) is 101 cm³/mol. The molecule has 0 unspecified atom stereocenters. The molecule has 0 aliphatic carbocycles. The Hall–Kier alpha value is -2.34. The average Bonchev–Trinajstić information content (AvgIpc) is 2.61. The highest BCUT2D eigenvalue weighted by atomic mass is 79.9. The maximum absolute atomic E-state index is 12.1. The molecule has 0 saturated carbocycles. The minimum atomic E-state index is -0.404. The number of benzene rings is 2. The molecule has 0 aromatic heterocycles. The van der Waals surface area contributed by atoms with Crippen LogP contribution < -0.4 is 15.5 Å². The third-order valence-electron chi connectivity index (χ3n) is 3.46. The summed E-state index contributed by atoms with van der Waals surface area (Å²) < 4.78 is 6.11. The highest BCUT2D eigenvalue weighted by molar-refractivity contribution is 9.10. The Bertz CT molecular complexity index is 712. The van der Waals surface area contributed by atoms with Crippen molar-refractivity contribution in [3.8, 4) is 5.75 Å². The van der Waals surface area contributed by atoms with Gasteiger partial charge in [0.15, 0.2) is 0 Å². The lowest BCUT2D eigenvalue weighted by Gasteiger charge is -2.14. The van der Waals surface area contributed by atoms with Crippen LogP contribution >= 0.6 is 15.9 Å². The number of ether oxygens (including phenoxy) is 1. The van der Waals surface area contributed by atoms with Gasteiger partial charge in [0, 0.05) is 10.2 Å². The van der Waals surface area contributed by atoms with Gasteiger partial charge in [-0.1, -0.05) is 15.9 Å². The number of methoxy groups -OCH3 is 1. The normalized spacial score (nSPS) is 12.4. The van der Waals surface area contributed by atoms with Gasteiger partial charge in [-0.05, 0) is 67.9 Å². The van der Waals surface area contributed by atoms with Crippen LogP contribution in [0, 0.1) is 0 Å². The smallest absolute Gasteiger partial charge is 0.262 e. The topological polar surface area (TPSA) is 62.7 Å². The fraction of sp³-hybridized carbons (Fsp3) is 0.222. The van der Waals surface area contributed by atoms with Gasteiger partial charge in [0.2, 0.25) is 0 Å². The zero-order valence-electron chi connectivity index (χ0n) is 13.8. The second-order valence-electron chi connectivity index (χ2n) is 5.27. The second-order valence-corrected chi connectivity index (χ2v) is 6.19. The third kappa shape index (κ3) is 5.09. The minimum absolute atomic E-state index is 0.203. The fourth-order valence-corrected chi connectivity index (χ4v) is 2.26. The summed E-state index contributed by atoms with van der Waals surface area (Å²) in [6.07, 6.45) is 0. The second kappa shape index (κ2) is 8.49. The van der Waals surface area contributed by atoms with Crippen molar-refractivity contribution in [2.45, 2.75) is 19.9 Å². The van der Waals surface area contributed by atoms with E-state index in [-0.39, 0.29) is 5.91 Å². The van der Waals surface area contributed by atoms with Crippen molar-refractivity contribution in [1.29, 1.82) is 0 Å². The molecule has 0 radical (unpaired) electrons. The first-order chi connectivity index (χ1) is 11.5. The number of nitrogens with zero attached hydrogens (tertiary/aromatic N) is 1. The van der Waals surface area contributed by atoms with Crippen LogP contribution in [0.5, 0.6) is 5.75 Å². The Morgan fingerprint density at radius 3 is 2.33 bits per heavy atom. The maximum atomic E-state index is 12.1. The Balaban J connectivity index is 1.93. The molecule has 24 heavy (non-hydrogen) atoms. The summed E-state index contributed by atoms with van der Waals surface area (Å²) in [5, 5.41) is 7.28. The van der Waals surface area contributed by atoms with E-state index in [1.54, 1.807) is 14.0 Å². The summed E-state index contributed by atoms with van der Waals surface area (Å²) in [5.41, 5.74) is 5.10. The van der Waals surface area contributed by atoms with Gasteiger partial charge in [-0.2, -0.15) is 5.10 Å². The van der Waals surface area contributed by atoms with Gasteiger partial charge in [-0.15, -0.1) is 0 Å². The monoisotopic (exact) mass is 389 g/mol. The molecular formula is C18H20BrN3O2. The number of amides is 1. The fourth-order valence-electron chi connectivity index (χ4n) is 1.99. The molecule has 126 valence electrons. The van der Waals surface area contributed by atoms with Crippen LogP contribution in [0.15, 0.2) is 58.1 Å². The average molecular weight is 390 g/mol. The number of halogens is 1. The highest BCUT2D eigenvalue weighted by Crippen LogP contribution is 2.15. The molecular weight excluding hydrogens is 370 g/mol. The van der Waals surface area contributed by atoms with Crippen LogP contribution in [0.4, 0.5) is 5.69 Å². The molecule has 0 aliphatic heterocycles. The summed E-state index contributed by atoms with van der Waals surface area (Å²) in [6.45, 7) is 3.63. The van der Waals surface area contributed by atoms with Crippen LogP contribution in [0.1, 0.15) is 19.4 Å². The third-order valence-corrected chi connectivity index (χ3v) is 3.99. The van der Waals surface area contributed by atoms with Crippen molar-refractivity contribution >= 4 is 33.2 Å². The first kappa shape index (κ1) is 18.0. The van der Waals surface area contributed by atoms with E-state index in [0.29, 0.717) is 0 Å². The van der Waals surface area contributed by atoms with Crippen LogP contribution in [-0.2, 0) is 4.79 Å². The van der Waals surface area contributed by atoms with Gasteiger partial charge in [0.05, 0.1) is 12.8 Å². The van der Waals surface area contributed by atoms with Gasteiger partial charge >= 0.3 is 0 Å². The number of anilines is 1. The van der Waals surface area contributed by atoms with Gasteiger partial charge in [0.25, 0.3) is 5.91 Å². The van der Waals surface area contributed by atoms with E-state index in [4.69, 9.17) is 4.74 Å². The molecule has 2 aromatic rings. The first-order valence-corrected chi connectivity index (χ1v) is 8.29. The van der Waals surface area contributed by atoms with Crippen molar-refractivity contribution in [2.24, 2.45) is 5.10 Å². The van der Waals surface area contributed by atoms with Gasteiger partial charge in [-0.3, -0.25) is 4.79 Å². The molecule has 0 bridgehead atoms. The van der Waals surface area contributed by atoms with Crippen molar-refractivity contribution < 1.29 is 9.53 Å². The summed E-state index contributed by atoms with van der Waals surface area (Å²) in [7, 11) is 1.62. The van der Waals surface area contributed by atoms with Crippen LogP contribution in [0.3, 0.4) is 0 Å². The van der Waals surface area contributed by atoms with E-state index in [1.807, 2.05) is 55.5 Å². The number of rotatable bonds is 6. The molecule has 0 saturated heterocycles. The van der Waals surface area contributed by atoms with Crippen molar-refractivity contribution in [3.05, 3.63) is 58.6 Å². The lowest BCUT2D eigenvalue weighted by molar-refractivity contribution is -0.121. The van der Waals surface area contributed by atoms with Crippen molar-refractivity contribution in [3.63, 3.8) is 0 Å². The molecule has 0 aliphatic rings. The Labute approximate surface area is 150 Å². The summed E-state index contributed by atoms with van der Waals surface area (Å²) in [6, 6.07) is 14.7. The van der Waals surface area contributed by atoms with Crippen LogP contribution in [0.25, 0.3) is 0 Å². The highest BCUT2D eigenvalue weighted by Gasteiger charge is 2.12. The zero-order chi connectivity index (χ0) is 17.5. The summed E-state index contributed by atoms with van der Waals surface area (Å²) >= 11 is 3.38. The summed E-state index contributed by atoms with van der Waals surface area (Å²) in [4.78, 5) is 12.1. The Kier molecular flexibility index (Phi) is 6.37. The standard InChI is InChI=1S/C18H20BrN3O2/c1-12(14-4-10-17(24-3)11-5-14)21-22-18(23)13(2)20-16-8-6-15(19)7-9-16/h4-11,13,20H,1-3H3,(H,22,23)/t13-/m0/s1. The minimum Gasteiger partial charge on any atom is -0.497 e. The molecule has 5 nitrogen and oxygen atoms in total. The number of carbonyl (C=O) groups excluding carboxylic acids is 1. The molecule has 0 heterocycles. The van der Waals surface area contributed by atoms with Gasteiger partial charge < -0.3 is 10.1 Å². The molecule has 2 rings (SSSR count). The van der Waals surface area contributed by atoms with E-state index in [9.17, 15) is 4.79 Å². The van der Waals surface area contributed by atoms with Gasteiger partial charge in [0.1, 0.15) is 11.8 Å².